The Balaban J connectivity index is 2.26. The number of nitrogens with zero attached hydrogens (tertiary/aromatic N) is 2. The molecule has 0 N–H and O–H groups in total. The highest BCUT2D eigenvalue weighted by molar-refractivity contribution is 6.09. The molecule has 0 aliphatic heterocycles. The lowest BCUT2D eigenvalue weighted by Crippen LogP contribution is -2.43. The first-order valence-corrected chi connectivity index (χ1v) is 7.03. The molecule has 0 bridgehead atoms. The monoisotopic (exact) mass is 352 g/mol. The number of alkyl halides is 6. The van der Waals surface area contributed by atoms with Crippen molar-refractivity contribution >= 4 is 21.7 Å². The summed E-state index contributed by atoms with van der Waals surface area (Å²) in [6.07, 6.45) is 0.366. The first kappa shape index (κ1) is 15.7. The molecule has 1 heterocycles. The van der Waals surface area contributed by atoms with Crippen LogP contribution in [0.4, 0.5) is 26.3 Å². The molecule has 0 atom stereocenters. The summed E-state index contributed by atoms with van der Waals surface area (Å²) in [7, 11) is 0. The number of aromatic nitrogens is 1. The quantitative estimate of drug-likeness (QED) is 0.417. The van der Waals surface area contributed by atoms with E-state index < -0.39 is 34.3 Å². The summed E-state index contributed by atoms with van der Waals surface area (Å²) in [5.74, 6) is -15.7. The summed E-state index contributed by atoms with van der Waals surface area (Å²) in [5, 5.41) is 9.26. The molecule has 25 heavy (non-hydrogen) atoms. The minimum Gasteiger partial charge on any atom is -0.255 e. The van der Waals surface area contributed by atoms with Crippen molar-refractivity contribution in [3.05, 3.63) is 53.2 Å². The lowest BCUT2D eigenvalue weighted by Gasteiger charge is -2.23. The van der Waals surface area contributed by atoms with Crippen molar-refractivity contribution in [3.8, 4) is 6.07 Å². The van der Waals surface area contributed by atoms with Gasteiger partial charge in [0, 0.05) is 27.9 Å². The number of benzene rings is 2. The highest BCUT2D eigenvalue weighted by Crippen LogP contribution is 2.64. The van der Waals surface area contributed by atoms with Crippen LogP contribution < -0.4 is 0 Å². The van der Waals surface area contributed by atoms with E-state index in [0.29, 0.717) is 11.6 Å². The molecule has 1 aromatic heterocycles. The maximum absolute atomic E-state index is 14.2. The van der Waals surface area contributed by atoms with E-state index >= 15 is 0 Å². The van der Waals surface area contributed by atoms with E-state index in [9.17, 15) is 31.6 Å². The van der Waals surface area contributed by atoms with E-state index in [1.807, 2.05) is 0 Å². The Labute approximate surface area is 136 Å². The Morgan fingerprint density at radius 1 is 0.880 bits per heavy atom. The van der Waals surface area contributed by atoms with Crippen LogP contribution in [0.3, 0.4) is 0 Å². The number of nitriles is 1. The van der Waals surface area contributed by atoms with Crippen LogP contribution in [-0.4, -0.2) is 10.9 Å². The molecule has 2 aromatic carbocycles. The van der Waals surface area contributed by atoms with Crippen LogP contribution in [0.25, 0.3) is 21.7 Å². The molecule has 0 saturated carbocycles. The molecular weight excluding hydrogens is 346 g/mol. The summed E-state index contributed by atoms with van der Waals surface area (Å²) < 4.78 is 83.7. The second-order valence-corrected chi connectivity index (χ2v) is 5.75. The van der Waals surface area contributed by atoms with Gasteiger partial charge in [-0.25, -0.2) is 0 Å². The normalized spacial score (nSPS) is 19.7. The van der Waals surface area contributed by atoms with E-state index in [1.165, 1.54) is 12.1 Å². The molecular formula is C17H6F6N2. The standard InChI is InChI=1S/C17H6F6N2/c18-15(19)12-7-25-14-10-4-2-1-3-9(10)8(6-24)5-11(14)13(12)16(20,21)17(15,22)23/h1-5,7H. The van der Waals surface area contributed by atoms with Crippen LogP contribution in [0.1, 0.15) is 16.7 Å². The summed E-state index contributed by atoms with van der Waals surface area (Å²) in [4.78, 5) is 3.73. The smallest absolute Gasteiger partial charge is 0.255 e. The Hall–Kier alpha value is -2.82. The maximum atomic E-state index is 14.2. The Morgan fingerprint density at radius 3 is 2.16 bits per heavy atom. The summed E-state index contributed by atoms with van der Waals surface area (Å²) in [6.45, 7) is 0. The van der Waals surface area contributed by atoms with Crippen molar-refractivity contribution < 1.29 is 26.3 Å². The molecule has 3 aromatic rings. The molecule has 0 radical (unpaired) electrons. The molecule has 0 amide bonds. The van der Waals surface area contributed by atoms with Crippen LogP contribution in [0.2, 0.25) is 0 Å². The second kappa shape index (κ2) is 4.42. The van der Waals surface area contributed by atoms with Gasteiger partial charge in [0.2, 0.25) is 0 Å². The van der Waals surface area contributed by atoms with Gasteiger partial charge in [-0.3, -0.25) is 4.98 Å². The third-order valence-electron chi connectivity index (χ3n) is 4.44. The first-order valence-electron chi connectivity index (χ1n) is 7.03. The number of hydrogen-bond donors (Lipinski definition) is 0. The number of halogens is 6. The number of pyridine rings is 1. The van der Waals surface area contributed by atoms with Crippen LogP contribution in [0.5, 0.6) is 0 Å². The minimum absolute atomic E-state index is 0.0902. The highest BCUT2D eigenvalue weighted by atomic mass is 19.3. The van der Waals surface area contributed by atoms with E-state index in [4.69, 9.17) is 0 Å². The van der Waals surface area contributed by atoms with Crippen LogP contribution in [-0.2, 0) is 11.8 Å². The van der Waals surface area contributed by atoms with Gasteiger partial charge in [0.05, 0.1) is 22.7 Å². The summed E-state index contributed by atoms with van der Waals surface area (Å²) in [5.41, 5.74) is -3.22. The highest BCUT2D eigenvalue weighted by Gasteiger charge is 2.79. The number of rotatable bonds is 0. The largest absolute Gasteiger partial charge is 0.380 e. The van der Waals surface area contributed by atoms with Gasteiger partial charge in [-0.05, 0) is 6.07 Å². The second-order valence-electron chi connectivity index (χ2n) is 5.75. The molecule has 126 valence electrons. The maximum Gasteiger partial charge on any atom is 0.380 e. The average Bonchev–Trinajstić information content (AvgIpc) is 2.69. The topological polar surface area (TPSA) is 36.7 Å². The Kier molecular flexibility index (Phi) is 2.77. The zero-order valence-corrected chi connectivity index (χ0v) is 12.1. The number of hydrogen-bond acceptors (Lipinski definition) is 2. The van der Waals surface area contributed by atoms with Crippen LogP contribution >= 0.6 is 0 Å². The van der Waals surface area contributed by atoms with E-state index in [2.05, 4.69) is 4.98 Å². The van der Waals surface area contributed by atoms with E-state index in [1.54, 1.807) is 18.2 Å². The van der Waals surface area contributed by atoms with E-state index in [0.717, 1.165) is 6.07 Å². The summed E-state index contributed by atoms with van der Waals surface area (Å²) >= 11 is 0. The first-order chi connectivity index (χ1) is 11.6. The Morgan fingerprint density at radius 2 is 1.52 bits per heavy atom. The van der Waals surface area contributed by atoms with Gasteiger partial charge in [0.25, 0.3) is 0 Å². The third kappa shape index (κ3) is 1.63. The molecule has 4 rings (SSSR count). The van der Waals surface area contributed by atoms with Gasteiger partial charge in [0.1, 0.15) is 0 Å². The van der Waals surface area contributed by atoms with E-state index in [-0.39, 0.29) is 16.5 Å². The SMILES string of the molecule is N#Cc1cc2c3c(cnc2c2ccccc12)C(F)(F)C(F)(F)C3(F)F. The molecule has 1 aliphatic rings. The predicted octanol–water partition coefficient (Wildman–Crippen LogP) is 5.09. The van der Waals surface area contributed by atoms with Crippen molar-refractivity contribution in [2.24, 2.45) is 0 Å². The zero-order valence-electron chi connectivity index (χ0n) is 12.1. The molecule has 2 nitrogen and oxygen atoms in total. The van der Waals surface area contributed by atoms with Gasteiger partial charge in [0.15, 0.2) is 0 Å². The van der Waals surface area contributed by atoms with Gasteiger partial charge in [-0.15, -0.1) is 0 Å². The van der Waals surface area contributed by atoms with Gasteiger partial charge in [-0.1, -0.05) is 24.3 Å². The molecule has 1 aliphatic carbocycles. The van der Waals surface area contributed by atoms with Gasteiger partial charge >= 0.3 is 17.8 Å². The molecule has 0 unspecified atom stereocenters. The van der Waals surface area contributed by atoms with Crippen molar-refractivity contribution in [1.29, 1.82) is 5.26 Å². The lowest BCUT2D eigenvalue weighted by atomic mass is 9.96. The Bertz CT molecular complexity index is 1100. The van der Waals surface area contributed by atoms with Gasteiger partial charge < -0.3 is 0 Å². The predicted molar refractivity (Wildman–Crippen MR) is 76.7 cm³/mol. The van der Waals surface area contributed by atoms with Crippen molar-refractivity contribution in [2.45, 2.75) is 17.8 Å². The molecule has 0 fully saturated rings. The minimum atomic E-state index is -5.59. The fraction of sp³-hybridized carbons (Fsp3) is 0.176. The molecule has 0 saturated heterocycles. The third-order valence-corrected chi connectivity index (χ3v) is 4.44. The van der Waals surface area contributed by atoms with Gasteiger partial charge in [-0.2, -0.15) is 31.6 Å². The zero-order chi connectivity index (χ0) is 18.2. The fourth-order valence-corrected chi connectivity index (χ4v) is 3.22. The van der Waals surface area contributed by atoms with Crippen LogP contribution in [0.15, 0.2) is 36.5 Å². The van der Waals surface area contributed by atoms with Crippen LogP contribution in [0, 0.1) is 11.3 Å². The number of fused-ring (bicyclic) bond motifs is 5. The molecule has 0 spiro atoms. The molecule has 8 heteroatoms. The van der Waals surface area contributed by atoms with Crippen molar-refractivity contribution in [3.63, 3.8) is 0 Å². The van der Waals surface area contributed by atoms with Crippen molar-refractivity contribution in [1.82, 2.24) is 4.98 Å². The summed E-state index contributed by atoms with van der Waals surface area (Å²) in [6, 6.07) is 8.81. The van der Waals surface area contributed by atoms with Crippen molar-refractivity contribution in [2.75, 3.05) is 0 Å². The average molecular weight is 352 g/mol. The lowest BCUT2D eigenvalue weighted by molar-refractivity contribution is -0.302. The fourth-order valence-electron chi connectivity index (χ4n) is 3.22.